The highest BCUT2D eigenvalue weighted by Gasteiger charge is 2.28. The lowest BCUT2D eigenvalue weighted by atomic mass is 10.1. The Labute approximate surface area is 184 Å². The van der Waals surface area contributed by atoms with Gasteiger partial charge in [-0.05, 0) is 48.6 Å². The van der Waals surface area contributed by atoms with Crippen LogP contribution < -0.4 is 4.74 Å². The number of amides is 1. The predicted molar refractivity (Wildman–Crippen MR) is 121 cm³/mol. The number of carbonyl (C=O) groups is 1. The van der Waals surface area contributed by atoms with Gasteiger partial charge in [-0.2, -0.15) is 4.99 Å². The highest BCUT2D eigenvalue weighted by molar-refractivity contribution is 8.18. The number of carbonyl (C=O) groups excluding carboxylic acids is 1. The van der Waals surface area contributed by atoms with Crippen LogP contribution in [0.4, 0.5) is 5.69 Å². The molecule has 2 aromatic carbocycles. The topological polar surface area (TPSA) is 88.3 Å². The van der Waals surface area contributed by atoms with Crippen LogP contribution in [0.25, 0.3) is 6.08 Å². The molecular weight excluding hydrogens is 416 g/mol. The first-order valence-electron chi connectivity index (χ1n) is 9.91. The minimum Gasteiger partial charge on any atom is -0.488 e. The molecule has 0 spiro atoms. The lowest BCUT2D eigenvalue weighted by molar-refractivity contribution is -0.384. The van der Waals surface area contributed by atoms with E-state index in [4.69, 9.17) is 4.74 Å². The zero-order valence-corrected chi connectivity index (χ0v) is 17.9. The number of ether oxygens (including phenoxy) is 1. The average molecular weight is 439 g/mol. The molecule has 2 aromatic rings. The fourth-order valence-electron chi connectivity index (χ4n) is 3.28. The van der Waals surface area contributed by atoms with Crippen molar-refractivity contribution in [1.29, 1.82) is 0 Å². The number of benzene rings is 2. The summed E-state index contributed by atoms with van der Waals surface area (Å²) in [5, 5.41) is 11.5. The van der Waals surface area contributed by atoms with Crippen LogP contribution in [-0.2, 0) is 11.4 Å². The standard InChI is InChI=1S/C22H22N4O4S/c1-24-10-12-25(13-11-24)22-23-21(27)20(31-22)14-17-4-2-3-5-19(17)30-15-16-6-8-18(9-7-16)26(28)29/h2-9,14H,10-13,15H2,1H3/b20-14-. The van der Waals surface area contributed by atoms with Gasteiger partial charge >= 0.3 is 0 Å². The largest absolute Gasteiger partial charge is 0.488 e. The van der Waals surface area contributed by atoms with Gasteiger partial charge in [0.2, 0.25) is 0 Å². The van der Waals surface area contributed by atoms with E-state index in [0.717, 1.165) is 42.5 Å². The van der Waals surface area contributed by atoms with Gasteiger partial charge in [-0.3, -0.25) is 14.9 Å². The average Bonchev–Trinajstić information content (AvgIpc) is 3.14. The summed E-state index contributed by atoms with van der Waals surface area (Å²) in [5.41, 5.74) is 1.65. The molecule has 1 fully saturated rings. The molecule has 160 valence electrons. The van der Waals surface area contributed by atoms with Crippen LogP contribution in [0.3, 0.4) is 0 Å². The predicted octanol–water partition coefficient (Wildman–Crippen LogP) is 3.39. The molecule has 2 aliphatic heterocycles. The van der Waals surface area contributed by atoms with Crippen molar-refractivity contribution in [1.82, 2.24) is 9.80 Å². The Bertz CT molecular complexity index is 1040. The lowest BCUT2D eigenvalue weighted by Gasteiger charge is -2.32. The summed E-state index contributed by atoms with van der Waals surface area (Å²) in [7, 11) is 2.09. The molecule has 8 nitrogen and oxygen atoms in total. The summed E-state index contributed by atoms with van der Waals surface area (Å²) in [6.07, 6.45) is 1.81. The number of rotatable bonds is 5. The van der Waals surface area contributed by atoms with E-state index in [-0.39, 0.29) is 18.2 Å². The number of likely N-dealkylation sites (N-methyl/N-ethyl adjacent to an activating group) is 1. The summed E-state index contributed by atoms with van der Waals surface area (Å²) in [5.74, 6) is 0.402. The van der Waals surface area contributed by atoms with Gasteiger partial charge in [0, 0.05) is 43.9 Å². The van der Waals surface area contributed by atoms with Crippen LogP contribution in [-0.4, -0.2) is 59.0 Å². The molecule has 1 saturated heterocycles. The van der Waals surface area contributed by atoms with Gasteiger partial charge in [0.15, 0.2) is 5.17 Å². The summed E-state index contributed by atoms with van der Waals surface area (Å²) >= 11 is 1.40. The van der Waals surface area contributed by atoms with Crippen LogP contribution in [0.2, 0.25) is 0 Å². The Kier molecular flexibility index (Phi) is 6.34. The fourth-order valence-corrected chi connectivity index (χ4v) is 4.23. The Hall–Kier alpha value is -3.17. The zero-order chi connectivity index (χ0) is 21.8. The number of aliphatic imine (C=N–C) groups is 1. The number of nitro benzene ring substituents is 1. The molecule has 9 heteroatoms. The molecule has 0 atom stereocenters. The van der Waals surface area contributed by atoms with E-state index in [9.17, 15) is 14.9 Å². The molecule has 2 heterocycles. The molecule has 0 aliphatic carbocycles. The van der Waals surface area contributed by atoms with Crippen molar-refractivity contribution in [3.8, 4) is 5.75 Å². The highest BCUT2D eigenvalue weighted by Crippen LogP contribution is 2.33. The molecular formula is C22H22N4O4S. The maximum absolute atomic E-state index is 12.5. The third kappa shape index (κ3) is 5.12. The summed E-state index contributed by atoms with van der Waals surface area (Å²) in [6, 6.07) is 13.7. The van der Waals surface area contributed by atoms with E-state index in [1.807, 2.05) is 30.3 Å². The molecule has 0 bridgehead atoms. The normalized spacial score (nSPS) is 18.4. The maximum atomic E-state index is 12.5. The smallest absolute Gasteiger partial charge is 0.286 e. The quantitative estimate of drug-likeness (QED) is 0.402. The van der Waals surface area contributed by atoms with Crippen molar-refractivity contribution in [2.45, 2.75) is 6.61 Å². The van der Waals surface area contributed by atoms with E-state index < -0.39 is 4.92 Å². The molecule has 0 radical (unpaired) electrons. The SMILES string of the molecule is CN1CCN(C2=NC(=O)/C(=C/c3ccccc3OCc3ccc([N+](=O)[O-])cc3)S2)CC1. The first-order valence-corrected chi connectivity index (χ1v) is 10.7. The summed E-state index contributed by atoms with van der Waals surface area (Å²) in [6.45, 7) is 3.89. The van der Waals surface area contributed by atoms with Crippen molar-refractivity contribution in [3.63, 3.8) is 0 Å². The number of para-hydroxylation sites is 1. The Balaban J connectivity index is 1.44. The van der Waals surface area contributed by atoms with Gasteiger partial charge in [-0.15, -0.1) is 0 Å². The summed E-state index contributed by atoms with van der Waals surface area (Å²) < 4.78 is 5.94. The van der Waals surface area contributed by atoms with E-state index in [0.29, 0.717) is 10.7 Å². The van der Waals surface area contributed by atoms with Gasteiger partial charge in [-0.25, -0.2) is 0 Å². The number of hydrogen-bond donors (Lipinski definition) is 0. The summed E-state index contributed by atoms with van der Waals surface area (Å²) in [4.78, 5) is 32.0. The van der Waals surface area contributed by atoms with Crippen molar-refractivity contribution in [2.75, 3.05) is 33.2 Å². The fraction of sp³-hybridized carbons (Fsp3) is 0.273. The molecule has 4 rings (SSSR count). The Morgan fingerprint density at radius 2 is 1.84 bits per heavy atom. The number of piperazine rings is 1. The first kappa shape index (κ1) is 21.1. The molecule has 31 heavy (non-hydrogen) atoms. The number of nitro groups is 1. The number of thioether (sulfide) groups is 1. The lowest BCUT2D eigenvalue weighted by Crippen LogP contribution is -2.46. The van der Waals surface area contributed by atoms with Crippen LogP contribution in [0.5, 0.6) is 5.75 Å². The van der Waals surface area contributed by atoms with Crippen LogP contribution in [0.1, 0.15) is 11.1 Å². The van der Waals surface area contributed by atoms with Crippen molar-refractivity contribution >= 4 is 34.6 Å². The number of nitrogens with zero attached hydrogens (tertiary/aromatic N) is 4. The minimum atomic E-state index is -0.430. The Morgan fingerprint density at radius 1 is 1.13 bits per heavy atom. The van der Waals surface area contributed by atoms with Gasteiger partial charge < -0.3 is 14.5 Å². The van der Waals surface area contributed by atoms with Crippen molar-refractivity contribution in [3.05, 3.63) is 74.7 Å². The molecule has 1 amide bonds. The van der Waals surface area contributed by atoms with Crippen molar-refractivity contribution in [2.24, 2.45) is 4.99 Å². The van der Waals surface area contributed by atoms with Gasteiger partial charge in [0.1, 0.15) is 12.4 Å². The molecule has 0 saturated carbocycles. The van der Waals surface area contributed by atoms with E-state index >= 15 is 0 Å². The van der Waals surface area contributed by atoms with Crippen LogP contribution in [0.15, 0.2) is 58.4 Å². The molecule has 2 aliphatic rings. The number of amidine groups is 1. The molecule has 0 unspecified atom stereocenters. The molecule has 0 N–H and O–H groups in total. The monoisotopic (exact) mass is 438 g/mol. The third-order valence-corrected chi connectivity index (χ3v) is 6.17. The maximum Gasteiger partial charge on any atom is 0.286 e. The van der Waals surface area contributed by atoms with Gasteiger partial charge in [-0.1, -0.05) is 18.2 Å². The molecule has 0 aromatic heterocycles. The third-order valence-electron chi connectivity index (χ3n) is 5.13. The van der Waals surface area contributed by atoms with Crippen molar-refractivity contribution < 1.29 is 14.5 Å². The second-order valence-corrected chi connectivity index (χ2v) is 8.36. The first-order chi connectivity index (χ1) is 15.0. The van der Waals surface area contributed by atoms with E-state index in [1.165, 1.54) is 23.9 Å². The Morgan fingerprint density at radius 3 is 2.55 bits per heavy atom. The van der Waals surface area contributed by atoms with E-state index in [1.54, 1.807) is 12.1 Å². The second-order valence-electron chi connectivity index (χ2n) is 7.35. The number of hydrogen-bond acceptors (Lipinski definition) is 7. The van der Waals surface area contributed by atoms with Crippen LogP contribution in [0, 0.1) is 10.1 Å². The van der Waals surface area contributed by atoms with Crippen LogP contribution >= 0.6 is 11.8 Å². The number of non-ortho nitro benzene ring substituents is 1. The second kappa shape index (κ2) is 9.32. The minimum absolute atomic E-state index is 0.0433. The van der Waals surface area contributed by atoms with E-state index in [2.05, 4.69) is 21.8 Å². The van der Waals surface area contributed by atoms with Gasteiger partial charge in [0.25, 0.3) is 11.6 Å². The highest BCUT2D eigenvalue weighted by atomic mass is 32.2. The zero-order valence-electron chi connectivity index (χ0n) is 17.1. The van der Waals surface area contributed by atoms with Gasteiger partial charge in [0.05, 0.1) is 9.83 Å².